The molecule has 0 aromatic carbocycles. The van der Waals surface area contributed by atoms with E-state index in [-0.39, 0.29) is 5.91 Å². The predicted octanol–water partition coefficient (Wildman–Crippen LogP) is 2.76. The van der Waals surface area contributed by atoms with Crippen molar-refractivity contribution in [2.24, 2.45) is 5.92 Å². The summed E-state index contributed by atoms with van der Waals surface area (Å²) < 4.78 is 10.8. The zero-order valence-corrected chi connectivity index (χ0v) is 13.3. The molecule has 3 rings (SSSR count). The van der Waals surface area contributed by atoms with Gasteiger partial charge in [-0.3, -0.25) is 4.79 Å². The number of hydrogen-bond donors (Lipinski definition) is 0. The van der Waals surface area contributed by atoms with Crippen molar-refractivity contribution in [3.63, 3.8) is 0 Å². The van der Waals surface area contributed by atoms with Gasteiger partial charge in [0, 0.05) is 25.5 Å². The number of oxazole rings is 1. The van der Waals surface area contributed by atoms with Crippen LogP contribution in [0.3, 0.4) is 0 Å². The van der Waals surface area contributed by atoms with Gasteiger partial charge in [-0.05, 0) is 19.3 Å². The molecule has 3 heterocycles. The molecule has 0 saturated heterocycles. The van der Waals surface area contributed by atoms with Gasteiger partial charge < -0.3 is 13.8 Å². The van der Waals surface area contributed by atoms with E-state index in [1.807, 2.05) is 0 Å². The summed E-state index contributed by atoms with van der Waals surface area (Å²) >= 11 is 0. The second kappa shape index (κ2) is 5.94. The highest BCUT2D eigenvalue weighted by Gasteiger charge is 2.27. The Kier molecular flexibility index (Phi) is 4.00. The number of carbonyl (C=O) groups is 1. The molecule has 2 aromatic heterocycles. The third-order valence-electron chi connectivity index (χ3n) is 3.84. The van der Waals surface area contributed by atoms with E-state index in [9.17, 15) is 4.79 Å². The zero-order valence-electron chi connectivity index (χ0n) is 13.3. The molecule has 0 unspecified atom stereocenters. The van der Waals surface area contributed by atoms with Crippen LogP contribution in [0.1, 0.15) is 53.9 Å². The van der Waals surface area contributed by atoms with Crippen LogP contribution in [0.2, 0.25) is 0 Å². The molecule has 0 atom stereocenters. The summed E-state index contributed by atoms with van der Waals surface area (Å²) in [6, 6.07) is 1.66. The molecule has 6 heteroatoms. The summed E-state index contributed by atoms with van der Waals surface area (Å²) in [4.78, 5) is 18.7. The van der Waals surface area contributed by atoms with E-state index in [0.717, 1.165) is 30.2 Å². The first-order valence-electron chi connectivity index (χ1n) is 7.73. The fourth-order valence-corrected chi connectivity index (χ4v) is 2.57. The lowest BCUT2D eigenvalue weighted by molar-refractivity contribution is 0.0717. The lowest BCUT2D eigenvalue weighted by Crippen LogP contribution is -2.36. The summed E-state index contributed by atoms with van der Waals surface area (Å²) in [5.41, 5.74) is 1.23. The third-order valence-corrected chi connectivity index (χ3v) is 3.84. The number of aryl methyl sites for hydroxylation is 2. The Morgan fingerprint density at radius 2 is 2.27 bits per heavy atom. The Labute approximate surface area is 129 Å². The molecule has 1 aliphatic heterocycles. The van der Waals surface area contributed by atoms with Crippen LogP contribution < -0.4 is 0 Å². The number of fused-ring (bicyclic) bond motifs is 1. The standard InChI is InChI=1S/C16H21N3O3/c1-10(2)4-5-15-17-13-9-19(7-6-14(13)21-15)16(20)12-8-11(3)22-18-12/h8,10H,4-7,9H2,1-3H3. The molecule has 0 saturated carbocycles. The highest BCUT2D eigenvalue weighted by atomic mass is 16.5. The maximum atomic E-state index is 12.4. The molecule has 0 bridgehead atoms. The number of amides is 1. The smallest absolute Gasteiger partial charge is 0.276 e. The normalized spacial score (nSPS) is 14.5. The molecule has 2 aromatic rings. The molecular formula is C16H21N3O3. The van der Waals surface area contributed by atoms with Gasteiger partial charge in [0.25, 0.3) is 5.91 Å². The van der Waals surface area contributed by atoms with Gasteiger partial charge in [0.2, 0.25) is 0 Å². The quantitative estimate of drug-likeness (QED) is 0.868. The number of rotatable bonds is 4. The molecule has 0 aliphatic carbocycles. The average molecular weight is 303 g/mol. The van der Waals surface area contributed by atoms with E-state index >= 15 is 0 Å². The summed E-state index contributed by atoms with van der Waals surface area (Å²) in [7, 11) is 0. The molecule has 0 radical (unpaired) electrons. The SMILES string of the molecule is Cc1cc(C(=O)N2CCc3oc(CCC(C)C)nc3C2)no1. The second-order valence-corrected chi connectivity index (χ2v) is 6.21. The van der Waals surface area contributed by atoms with Gasteiger partial charge in [0.15, 0.2) is 11.6 Å². The number of hydrogen-bond acceptors (Lipinski definition) is 5. The third kappa shape index (κ3) is 3.05. The predicted molar refractivity (Wildman–Crippen MR) is 79.3 cm³/mol. The monoisotopic (exact) mass is 303 g/mol. The van der Waals surface area contributed by atoms with Crippen molar-refractivity contribution in [2.45, 2.75) is 46.6 Å². The topological polar surface area (TPSA) is 72.4 Å². The molecule has 0 fully saturated rings. The first-order valence-corrected chi connectivity index (χ1v) is 7.73. The highest BCUT2D eigenvalue weighted by molar-refractivity contribution is 5.92. The maximum absolute atomic E-state index is 12.4. The van der Waals surface area contributed by atoms with Gasteiger partial charge in [-0.1, -0.05) is 19.0 Å². The molecular weight excluding hydrogens is 282 g/mol. The molecule has 1 aliphatic rings. The van der Waals surface area contributed by atoms with E-state index in [1.54, 1.807) is 17.9 Å². The Balaban J connectivity index is 1.69. The van der Waals surface area contributed by atoms with Crippen molar-refractivity contribution in [1.29, 1.82) is 0 Å². The summed E-state index contributed by atoms with van der Waals surface area (Å²) in [6.07, 6.45) is 2.61. The van der Waals surface area contributed by atoms with Gasteiger partial charge in [0.1, 0.15) is 17.2 Å². The van der Waals surface area contributed by atoms with Crippen LogP contribution in [-0.4, -0.2) is 27.5 Å². The van der Waals surface area contributed by atoms with Crippen molar-refractivity contribution in [1.82, 2.24) is 15.0 Å². The summed E-state index contributed by atoms with van der Waals surface area (Å²) in [5.74, 6) is 2.84. The second-order valence-electron chi connectivity index (χ2n) is 6.21. The van der Waals surface area contributed by atoms with Gasteiger partial charge in [-0.2, -0.15) is 0 Å². The van der Waals surface area contributed by atoms with Crippen molar-refractivity contribution in [3.05, 3.63) is 34.9 Å². The lowest BCUT2D eigenvalue weighted by atomic mass is 10.1. The number of carbonyl (C=O) groups excluding carboxylic acids is 1. The van der Waals surface area contributed by atoms with Gasteiger partial charge >= 0.3 is 0 Å². The van der Waals surface area contributed by atoms with E-state index in [4.69, 9.17) is 8.94 Å². The number of aromatic nitrogens is 2. The van der Waals surface area contributed by atoms with Gasteiger partial charge in [0.05, 0.1) is 6.54 Å². The summed E-state index contributed by atoms with van der Waals surface area (Å²) in [6.45, 7) is 7.24. The lowest BCUT2D eigenvalue weighted by Gasteiger charge is -2.24. The summed E-state index contributed by atoms with van der Waals surface area (Å²) in [5, 5.41) is 3.79. The molecule has 118 valence electrons. The minimum Gasteiger partial charge on any atom is -0.445 e. The number of nitrogens with zero attached hydrogens (tertiary/aromatic N) is 3. The molecule has 0 spiro atoms. The van der Waals surface area contributed by atoms with Crippen molar-refractivity contribution >= 4 is 5.91 Å². The average Bonchev–Trinajstić information content (AvgIpc) is 3.09. The van der Waals surface area contributed by atoms with E-state index in [0.29, 0.717) is 36.9 Å². The van der Waals surface area contributed by atoms with E-state index in [1.165, 1.54) is 0 Å². The largest absolute Gasteiger partial charge is 0.445 e. The Morgan fingerprint density at radius 3 is 2.95 bits per heavy atom. The van der Waals surface area contributed by atoms with Crippen LogP contribution in [-0.2, 0) is 19.4 Å². The Morgan fingerprint density at radius 1 is 1.45 bits per heavy atom. The fraction of sp³-hybridized carbons (Fsp3) is 0.562. The first-order chi connectivity index (χ1) is 10.5. The van der Waals surface area contributed by atoms with Crippen LogP contribution in [0.5, 0.6) is 0 Å². The van der Waals surface area contributed by atoms with Crippen LogP contribution >= 0.6 is 0 Å². The minimum absolute atomic E-state index is 0.116. The van der Waals surface area contributed by atoms with E-state index in [2.05, 4.69) is 24.0 Å². The van der Waals surface area contributed by atoms with Crippen molar-refractivity contribution < 1.29 is 13.7 Å². The van der Waals surface area contributed by atoms with Crippen LogP contribution in [0.4, 0.5) is 0 Å². The van der Waals surface area contributed by atoms with Gasteiger partial charge in [-0.25, -0.2) is 4.98 Å². The highest BCUT2D eigenvalue weighted by Crippen LogP contribution is 2.22. The van der Waals surface area contributed by atoms with Crippen molar-refractivity contribution in [3.8, 4) is 0 Å². The first kappa shape index (κ1) is 14.8. The van der Waals surface area contributed by atoms with Crippen LogP contribution in [0.15, 0.2) is 15.0 Å². The molecule has 1 amide bonds. The molecule has 0 N–H and O–H groups in total. The minimum atomic E-state index is -0.116. The van der Waals surface area contributed by atoms with Gasteiger partial charge in [-0.15, -0.1) is 0 Å². The maximum Gasteiger partial charge on any atom is 0.276 e. The van der Waals surface area contributed by atoms with Crippen molar-refractivity contribution in [2.75, 3.05) is 6.54 Å². The Bertz CT molecular complexity index is 672. The molecule has 6 nitrogen and oxygen atoms in total. The Hall–Kier alpha value is -2.11. The van der Waals surface area contributed by atoms with Crippen LogP contribution in [0, 0.1) is 12.8 Å². The fourth-order valence-electron chi connectivity index (χ4n) is 2.57. The van der Waals surface area contributed by atoms with Crippen LogP contribution in [0.25, 0.3) is 0 Å². The van der Waals surface area contributed by atoms with E-state index < -0.39 is 0 Å². The molecule has 22 heavy (non-hydrogen) atoms. The zero-order chi connectivity index (χ0) is 15.7.